The summed E-state index contributed by atoms with van der Waals surface area (Å²) in [6, 6.07) is 8.00. The monoisotopic (exact) mass is 318 g/mol. The van der Waals surface area contributed by atoms with Gasteiger partial charge in [-0.25, -0.2) is 0 Å². The van der Waals surface area contributed by atoms with Crippen molar-refractivity contribution in [2.45, 2.75) is 12.8 Å². The maximum Gasteiger partial charge on any atom is 0.120 e. The molecule has 1 nitrogen and oxygen atoms in total. The fourth-order valence-corrected chi connectivity index (χ4v) is 2.39. The number of benzene rings is 1. The molecule has 0 spiro atoms. The molecule has 0 aromatic heterocycles. The first-order chi connectivity index (χ1) is 6.74. The van der Waals surface area contributed by atoms with Crippen LogP contribution in [0.25, 0.3) is 0 Å². The van der Waals surface area contributed by atoms with Crippen molar-refractivity contribution in [3.05, 3.63) is 28.7 Å². The molecule has 0 saturated heterocycles. The van der Waals surface area contributed by atoms with Crippen molar-refractivity contribution in [3.8, 4) is 5.75 Å². The lowest BCUT2D eigenvalue weighted by Crippen LogP contribution is -2.14. The van der Waals surface area contributed by atoms with Gasteiger partial charge in [-0.3, -0.25) is 0 Å². The highest BCUT2D eigenvalue weighted by atomic mass is 79.9. The Labute approximate surface area is 101 Å². The van der Waals surface area contributed by atoms with Crippen molar-refractivity contribution in [2.24, 2.45) is 5.41 Å². The minimum Gasteiger partial charge on any atom is -0.493 e. The normalized spacial score (nSPS) is 17.9. The van der Waals surface area contributed by atoms with Crippen LogP contribution in [0.2, 0.25) is 0 Å². The lowest BCUT2D eigenvalue weighted by atomic mass is 10.2. The van der Waals surface area contributed by atoms with Gasteiger partial charge in [-0.15, -0.1) is 0 Å². The number of hydrogen-bond donors (Lipinski definition) is 0. The van der Waals surface area contributed by atoms with E-state index in [1.165, 1.54) is 12.8 Å². The van der Waals surface area contributed by atoms with E-state index >= 15 is 0 Å². The zero-order valence-corrected chi connectivity index (χ0v) is 11.0. The number of ether oxygens (including phenoxy) is 1. The second-order valence-electron chi connectivity index (χ2n) is 3.88. The molecule has 14 heavy (non-hydrogen) atoms. The number of alkyl halides is 1. The number of hydrogen-bond acceptors (Lipinski definition) is 1. The van der Waals surface area contributed by atoms with Crippen molar-refractivity contribution in [2.75, 3.05) is 11.9 Å². The standard InChI is InChI=1S/C11H12Br2O/c12-7-11(4-5-11)8-14-10-3-1-2-9(13)6-10/h1-3,6H,4-5,7-8H2. The topological polar surface area (TPSA) is 9.23 Å². The van der Waals surface area contributed by atoms with Crippen molar-refractivity contribution in [1.29, 1.82) is 0 Å². The Hall–Kier alpha value is -0.0200. The number of rotatable bonds is 4. The lowest BCUT2D eigenvalue weighted by Gasteiger charge is -2.13. The molecule has 1 aromatic rings. The molecule has 1 aromatic carbocycles. The molecule has 0 unspecified atom stereocenters. The van der Waals surface area contributed by atoms with Crippen LogP contribution in [0.4, 0.5) is 0 Å². The van der Waals surface area contributed by atoms with Gasteiger partial charge in [0, 0.05) is 15.2 Å². The first-order valence-electron chi connectivity index (χ1n) is 4.68. The van der Waals surface area contributed by atoms with Gasteiger partial charge in [0.25, 0.3) is 0 Å². The molecular formula is C11H12Br2O. The summed E-state index contributed by atoms with van der Waals surface area (Å²) in [4.78, 5) is 0. The molecule has 76 valence electrons. The fourth-order valence-electron chi connectivity index (χ4n) is 1.29. The largest absolute Gasteiger partial charge is 0.493 e. The predicted molar refractivity (Wildman–Crippen MR) is 65.1 cm³/mol. The summed E-state index contributed by atoms with van der Waals surface area (Å²) >= 11 is 6.96. The summed E-state index contributed by atoms with van der Waals surface area (Å²) in [5.74, 6) is 0.951. The van der Waals surface area contributed by atoms with Crippen LogP contribution >= 0.6 is 31.9 Å². The SMILES string of the molecule is BrCC1(COc2cccc(Br)c2)CC1. The van der Waals surface area contributed by atoms with E-state index in [0.29, 0.717) is 5.41 Å². The quantitative estimate of drug-likeness (QED) is 0.762. The Kier molecular flexibility index (Phi) is 3.17. The third kappa shape index (κ3) is 2.51. The van der Waals surface area contributed by atoms with Gasteiger partial charge in [0.1, 0.15) is 5.75 Å². The van der Waals surface area contributed by atoms with Gasteiger partial charge in [-0.1, -0.05) is 37.9 Å². The van der Waals surface area contributed by atoms with Gasteiger partial charge in [-0.2, -0.15) is 0 Å². The molecule has 0 radical (unpaired) electrons. The molecule has 3 heteroatoms. The minimum atomic E-state index is 0.419. The third-order valence-corrected chi connectivity index (χ3v) is 4.26. The van der Waals surface area contributed by atoms with Crippen LogP contribution in [0.15, 0.2) is 28.7 Å². The summed E-state index contributed by atoms with van der Waals surface area (Å²) in [6.07, 6.45) is 2.57. The van der Waals surface area contributed by atoms with Crippen molar-refractivity contribution in [1.82, 2.24) is 0 Å². The van der Waals surface area contributed by atoms with E-state index in [2.05, 4.69) is 31.9 Å². The van der Waals surface area contributed by atoms with Gasteiger partial charge >= 0.3 is 0 Å². The van der Waals surface area contributed by atoms with Crippen LogP contribution in [-0.4, -0.2) is 11.9 Å². The van der Waals surface area contributed by atoms with E-state index in [-0.39, 0.29) is 0 Å². The van der Waals surface area contributed by atoms with E-state index in [9.17, 15) is 0 Å². The van der Waals surface area contributed by atoms with Gasteiger partial charge in [-0.05, 0) is 31.0 Å². The first kappa shape index (κ1) is 10.5. The van der Waals surface area contributed by atoms with Crippen molar-refractivity contribution < 1.29 is 4.74 Å². The molecule has 1 aliphatic carbocycles. The summed E-state index contributed by atoms with van der Waals surface area (Å²) in [5.41, 5.74) is 0.419. The van der Waals surface area contributed by atoms with Crippen LogP contribution in [-0.2, 0) is 0 Å². The molecule has 0 atom stereocenters. The van der Waals surface area contributed by atoms with Gasteiger partial charge in [0.05, 0.1) is 6.61 Å². The highest BCUT2D eigenvalue weighted by molar-refractivity contribution is 9.10. The van der Waals surface area contributed by atoms with Gasteiger partial charge < -0.3 is 4.74 Å². The molecule has 1 saturated carbocycles. The number of halogens is 2. The molecule has 0 amide bonds. The molecule has 1 aliphatic rings. The smallest absolute Gasteiger partial charge is 0.120 e. The zero-order chi connectivity index (χ0) is 10.0. The summed E-state index contributed by atoms with van der Waals surface area (Å²) < 4.78 is 6.81. The Bertz CT molecular complexity index is 321. The molecule has 2 rings (SSSR count). The third-order valence-electron chi connectivity index (χ3n) is 2.58. The van der Waals surface area contributed by atoms with Crippen LogP contribution < -0.4 is 4.74 Å². The summed E-state index contributed by atoms with van der Waals surface area (Å²) in [5, 5.41) is 1.05. The van der Waals surface area contributed by atoms with Crippen LogP contribution in [0.3, 0.4) is 0 Å². The van der Waals surface area contributed by atoms with Crippen LogP contribution in [0.5, 0.6) is 5.75 Å². The second-order valence-corrected chi connectivity index (χ2v) is 5.36. The second kappa shape index (κ2) is 4.23. The fraction of sp³-hybridized carbons (Fsp3) is 0.455. The van der Waals surface area contributed by atoms with E-state index in [4.69, 9.17) is 4.74 Å². The Morgan fingerprint density at radius 2 is 2.14 bits per heavy atom. The lowest BCUT2D eigenvalue weighted by molar-refractivity contribution is 0.251. The molecule has 1 fully saturated rings. The maximum absolute atomic E-state index is 5.74. The highest BCUT2D eigenvalue weighted by Gasteiger charge is 2.42. The van der Waals surface area contributed by atoms with E-state index in [1.54, 1.807) is 0 Å². The Balaban J connectivity index is 1.92. The molecule has 0 N–H and O–H groups in total. The maximum atomic E-state index is 5.74. The summed E-state index contributed by atoms with van der Waals surface area (Å²) in [7, 11) is 0. The van der Waals surface area contributed by atoms with Crippen molar-refractivity contribution >= 4 is 31.9 Å². The Morgan fingerprint density at radius 1 is 1.36 bits per heavy atom. The van der Waals surface area contributed by atoms with E-state index in [1.807, 2.05) is 24.3 Å². The molecule has 0 aliphatic heterocycles. The molecule has 0 heterocycles. The van der Waals surface area contributed by atoms with Crippen LogP contribution in [0, 0.1) is 5.41 Å². The molecular weight excluding hydrogens is 308 g/mol. The zero-order valence-electron chi connectivity index (χ0n) is 7.80. The van der Waals surface area contributed by atoms with Crippen LogP contribution in [0.1, 0.15) is 12.8 Å². The summed E-state index contributed by atoms with van der Waals surface area (Å²) in [6.45, 7) is 0.828. The molecule has 0 bridgehead atoms. The first-order valence-corrected chi connectivity index (χ1v) is 6.60. The van der Waals surface area contributed by atoms with Gasteiger partial charge in [0.2, 0.25) is 0 Å². The predicted octanol–water partition coefficient (Wildman–Crippen LogP) is 4.00. The minimum absolute atomic E-state index is 0.419. The van der Waals surface area contributed by atoms with Gasteiger partial charge in [0.15, 0.2) is 0 Å². The van der Waals surface area contributed by atoms with Crippen molar-refractivity contribution in [3.63, 3.8) is 0 Å². The Morgan fingerprint density at radius 3 is 2.71 bits per heavy atom. The van der Waals surface area contributed by atoms with E-state index in [0.717, 1.165) is 22.2 Å². The average Bonchev–Trinajstić information content (AvgIpc) is 2.96. The highest BCUT2D eigenvalue weighted by Crippen LogP contribution is 2.47. The van der Waals surface area contributed by atoms with E-state index < -0.39 is 0 Å². The average molecular weight is 320 g/mol.